The standard InChI is InChI=1S/C44H84O6/c1-6-8-9-10-11-12-13-14-15-16-17-26-31-36-44(47)50-41(37-48-42(45)34-29-24-20-18-22-27-32-39(3)4)38-49-43(46)35-30-25-21-19-23-28-33-40(5)7-2/h39-41H,6-38H2,1-5H3/t40?,41-/m0/s1. The van der Waals surface area contributed by atoms with Crippen molar-refractivity contribution in [1.82, 2.24) is 0 Å². The molecule has 0 aromatic carbocycles. The molecule has 0 aliphatic carbocycles. The monoisotopic (exact) mass is 709 g/mol. The van der Waals surface area contributed by atoms with E-state index in [-0.39, 0.29) is 31.1 Å². The topological polar surface area (TPSA) is 78.9 Å². The van der Waals surface area contributed by atoms with Crippen molar-refractivity contribution in [1.29, 1.82) is 0 Å². The van der Waals surface area contributed by atoms with Gasteiger partial charge in [0.1, 0.15) is 13.2 Å². The van der Waals surface area contributed by atoms with Crippen LogP contribution in [0.1, 0.15) is 234 Å². The second-order valence-electron chi connectivity index (χ2n) is 15.7. The molecule has 0 radical (unpaired) electrons. The van der Waals surface area contributed by atoms with Crippen LogP contribution < -0.4 is 0 Å². The molecule has 296 valence electrons. The van der Waals surface area contributed by atoms with Gasteiger partial charge in [0, 0.05) is 19.3 Å². The van der Waals surface area contributed by atoms with E-state index in [1.807, 2.05) is 0 Å². The molecular formula is C44H84O6. The molecule has 2 atom stereocenters. The van der Waals surface area contributed by atoms with Gasteiger partial charge in [-0.25, -0.2) is 0 Å². The fraction of sp³-hybridized carbons (Fsp3) is 0.932. The lowest BCUT2D eigenvalue weighted by molar-refractivity contribution is -0.167. The molecule has 1 unspecified atom stereocenters. The van der Waals surface area contributed by atoms with Crippen LogP contribution in [-0.2, 0) is 28.6 Å². The number of esters is 3. The molecule has 0 saturated heterocycles. The van der Waals surface area contributed by atoms with E-state index in [1.165, 1.54) is 122 Å². The second-order valence-corrected chi connectivity index (χ2v) is 15.7. The molecule has 0 rings (SSSR count). The third-order valence-electron chi connectivity index (χ3n) is 10.1. The highest BCUT2D eigenvalue weighted by Gasteiger charge is 2.19. The smallest absolute Gasteiger partial charge is 0.306 e. The molecule has 0 N–H and O–H groups in total. The SMILES string of the molecule is CCCCCCCCCCCCCCCC(=O)O[C@@H](COC(=O)CCCCCCCCC(C)C)COC(=O)CCCCCCCCC(C)CC. The minimum atomic E-state index is -0.760. The minimum Gasteiger partial charge on any atom is -0.462 e. The molecule has 0 aromatic heterocycles. The summed E-state index contributed by atoms with van der Waals surface area (Å²) in [6.45, 7) is 11.2. The summed E-state index contributed by atoms with van der Waals surface area (Å²) in [6, 6.07) is 0. The van der Waals surface area contributed by atoms with E-state index in [2.05, 4.69) is 34.6 Å². The van der Waals surface area contributed by atoms with Crippen LogP contribution in [0, 0.1) is 11.8 Å². The Labute approximate surface area is 310 Å². The summed E-state index contributed by atoms with van der Waals surface area (Å²) in [7, 11) is 0. The van der Waals surface area contributed by atoms with Gasteiger partial charge in [-0.05, 0) is 31.1 Å². The number of carbonyl (C=O) groups excluding carboxylic acids is 3. The highest BCUT2D eigenvalue weighted by molar-refractivity contribution is 5.71. The largest absolute Gasteiger partial charge is 0.462 e. The molecule has 0 heterocycles. The molecule has 0 fully saturated rings. The van der Waals surface area contributed by atoms with E-state index in [4.69, 9.17) is 14.2 Å². The van der Waals surface area contributed by atoms with Crippen LogP contribution in [0.15, 0.2) is 0 Å². The number of hydrogen-bond donors (Lipinski definition) is 0. The number of rotatable bonds is 38. The third-order valence-corrected chi connectivity index (χ3v) is 10.1. The van der Waals surface area contributed by atoms with E-state index >= 15 is 0 Å². The Kier molecular flexibility index (Phi) is 36.0. The average molecular weight is 709 g/mol. The van der Waals surface area contributed by atoms with Crippen LogP contribution in [0.4, 0.5) is 0 Å². The van der Waals surface area contributed by atoms with E-state index in [1.54, 1.807) is 0 Å². The molecule has 0 aliphatic rings. The van der Waals surface area contributed by atoms with E-state index in [0.717, 1.165) is 69.6 Å². The van der Waals surface area contributed by atoms with Gasteiger partial charge < -0.3 is 14.2 Å². The third kappa shape index (κ3) is 36.2. The van der Waals surface area contributed by atoms with Crippen LogP contribution in [0.5, 0.6) is 0 Å². The van der Waals surface area contributed by atoms with E-state index in [9.17, 15) is 14.4 Å². The molecule has 50 heavy (non-hydrogen) atoms. The van der Waals surface area contributed by atoms with Crippen molar-refractivity contribution < 1.29 is 28.6 Å². The van der Waals surface area contributed by atoms with Crippen LogP contribution in [0.25, 0.3) is 0 Å². The Bertz CT molecular complexity index is 766. The van der Waals surface area contributed by atoms with Crippen LogP contribution >= 0.6 is 0 Å². The maximum Gasteiger partial charge on any atom is 0.306 e. The van der Waals surface area contributed by atoms with Gasteiger partial charge >= 0.3 is 17.9 Å². The summed E-state index contributed by atoms with van der Waals surface area (Å²) in [5, 5.41) is 0. The lowest BCUT2D eigenvalue weighted by Crippen LogP contribution is -2.30. The Morgan fingerprint density at radius 1 is 0.420 bits per heavy atom. The van der Waals surface area contributed by atoms with Crippen LogP contribution in [-0.4, -0.2) is 37.2 Å². The molecule has 0 aliphatic heterocycles. The number of carbonyl (C=O) groups is 3. The molecule has 0 saturated carbocycles. The maximum absolute atomic E-state index is 12.7. The van der Waals surface area contributed by atoms with Crippen molar-refractivity contribution in [3.63, 3.8) is 0 Å². The van der Waals surface area contributed by atoms with Crippen molar-refractivity contribution in [2.24, 2.45) is 11.8 Å². The Balaban J connectivity index is 4.35. The van der Waals surface area contributed by atoms with Gasteiger partial charge in [-0.2, -0.15) is 0 Å². The van der Waals surface area contributed by atoms with E-state index < -0.39 is 6.10 Å². The Hall–Kier alpha value is -1.59. The molecule has 0 amide bonds. The lowest BCUT2D eigenvalue weighted by atomic mass is 10.00. The number of hydrogen-bond acceptors (Lipinski definition) is 6. The summed E-state index contributed by atoms with van der Waals surface area (Å²) < 4.78 is 16.7. The summed E-state index contributed by atoms with van der Waals surface area (Å²) in [6.07, 6.45) is 33.8. The molecule has 0 bridgehead atoms. The molecule has 0 aromatic rings. The zero-order valence-electron chi connectivity index (χ0n) is 34.0. The number of ether oxygens (including phenoxy) is 3. The lowest BCUT2D eigenvalue weighted by Gasteiger charge is -2.18. The Morgan fingerprint density at radius 3 is 1.14 bits per heavy atom. The quantitative estimate of drug-likeness (QED) is 0.0361. The molecule has 6 nitrogen and oxygen atoms in total. The Morgan fingerprint density at radius 2 is 0.760 bits per heavy atom. The zero-order chi connectivity index (χ0) is 36.9. The normalized spacial score (nSPS) is 12.6. The summed E-state index contributed by atoms with van der Waals surface area (Å²) in [4.78, 5) is 37.6. The average Bonchev–Trinajstić information content (AvgIpc) is 3.09. The first-order valence-corrected chi connectivity index (χ1v) is 21.8. The van der Waals surface area contributed by atoms with Crippen LogP contribution in [0.2, 0.25) is 0 Å². The van der Waals surface area contributed by atoms with Crippen molar-refractivity contribution >= 4 is 17.9 Å². The molecule has 0 spiro atoms. The van der Waals surface area contributed by atoms with Crippen molar-refractivity contribution in [2.75, 3.05) is 13.2 Å². The first kappa shape index (κ1) is 48.4. The van der Waals surface area contributed by atoms with Crippen molar-refractivity contribution in [3.8, 4) is 0 Å². The predicted molar refractivity (Wildman–Crippen MR) is 210 cm³/mol. The van der Waals surface area contributed by atoms with Crippen molar-refractivity contribution in [2.45, 2.75) is 240 Å². The van der Waals surface area contributed by atoms with Gasteiger partial charge in [-0.3, -0.25) is 14.4 Å². The number of unbranched alkanes of at least 4 members (excludes halogenated alkanes) is 22. The van der Waals surface area contributed by atoms with Gasteiger partial charge in [0.2, 0.25) is 0 Å². The maximum atomic E-state index is 12.7. The van der Waals surface area contributed by atoms with Gasteiger partial charge in [0.15, 0.2) is 6.10 Å². The second kappa shape index (κ2) is 37.2. The highest BCUT2D eigenvalue weighted by atomic mass is 16.6. The fourth-order valence-electron chi connectivity index (χ4n) is 6.37. The fourth-order valence-corrected chi connectivity index (χ4v) is 6.37. The summed E-state index contributed by atoms with van der Waals surface area (Å²) >= 11 is 0. The summed E-state index contributed by atoms with van der Waals surface area (Å²) in [5.74, 6) is 0.710. The van der Waals surface area contributed by atoms with Gasteiger partial charge in [-0.15, -0.1) is 0 Å². The van der Waals surface area contributed by atoms with Gasteiger partial charge in [-0.1, -0.05) is 195 Å². The van der Waals surface area contributed by atoms with E-state index in [0.29, 0.717) is 19.3 Å². The van der Waals surface area contributed by atoms with Gasteiger partial charge in [0.05, 0.1) is 0 Å². The zero-order valence-corrected chi connectivity index (χ0v) is 34.0. The highest BCUT2D eigenvalue weighted by Crippen LogP contribution is 2.16. The first-order chi connectivity index (χ1) is 24.3. The first-order valence-electron chi connectivity index (χ1n) is 21.8. The van der Waals surface area contributed by atoms with Crippen LogP contribution in [0.3, 0.4) is 0 Å². The predicted octanol–water partition coefficient (Wildman–Crippen LogP) is 13.4. The minimum absolute atomic E-state index is 0.0670. The summed E-state index contributed by atoms with van der Waals surface area (Å²) in [5.41, 5.74) is 0. The van der Waals surface area contributed by atoms with Gasteiger partial charge in [0.25, 0.3) is 0 Å². The molecule has 6 heteroatoms. The molecular weight excluding hydrogens is 624 g/mol. The van der Waals surface area contributed by atoms with Crippen molar-refractivity contribution in [3.05, 3.63) is 0 Å².